The normalized spacial score (nSPS) is 17.4. The Bertz CT molecular complexity index is 848. The molecule has 0 N–H and O–H groups in total. The van der Waals surface area contributed by atoms with Gasteiger partial charge < -0.3 is 4.90 Å². The van der Waals surface area contributed by atoms with Gasteiger partial charge in [0.2, 0.25) is 11.7 Å². The van der Waals surface area contributed by atoms with Crippen molar-refractivity contribution in [2.75, 3.05) is 13.1 Å². The van der Waals surface area contributed by atoms with Crippen molar-refractivity contribution in [3.63, 3.8) is 0 Å². The molecule has 1 aliphatic rings. The zero-order valence-electron chi connectivity index (χ0n) is 14.4. The first-order valence-corrected chi connectivity index (χ1v) is 9.70. The van der Waals surface area contributed by atoms with Gasteiger partial charge in [0.1, 0.15) is 5.69 Å². The highest BCUT2D eigenvalue weighted by atomic mass is 32.1. The lowest BCUT2D eigenvalue weighted by molar-refractivity contribution is -0.132. The molecule has 7 nitrogen and oxygen atoms in total. The van der Waals surface area contributed by atoms with Crippen LogP contribution in [0, 0.1) is 5.92 Å². The number of rotatable bonds is 5. The van der Waals surface area contributed by atoms with Crippen LogP contribution in [0.1, 0.15) is 18.4 Å². The van der Waals surface area contributed by atoms with Gasteiger partial charge in [-0.3, -0.25) is 9.78 Å². The predicted molar refractivity (Wildman–Crippen MR) is 98.4 cm³/mol. The maximum Gasteiger partial charge on any atom is 0.227 e. The van der Waals surface area contributed by atoms with Crippen molar-refractivity contribution in [1.29, 1.82) is 0 Å². The molecule has 1 fully saturated rings. The average molecular weight is 368 g/mol. The molecule has 4 rings (SSSR count). The lowest BCUT2D eigenvalue weighted by atomic mass is 9.97. The highest BCUT2D eigenvalue weighted by molar-refractivity contribution is 7.08. The molecular weight excluding hydrogens is 348 g/mol. The second-order valence-electron chi connectivity index (χ2n) is 6.54. The number of nitrogens with zero attached hydrogens (tertiary/aromatic N) is 6. The van der Waals surface area contributed by atoms with Gasteiger partial charge in [0.15, 0.2) is 0 Å². The van der Waals surface area contributed by atoms with Gasteiger partial charge in [-0.05, 0) is 58.5 Å². The monoisotopic (exact) mass is 368 g/mol. The molecule has 3 aromatic heterocycles. The summed E-state index contributed by atoms with van der Waals surface area (Å²) in [6, 6.07) is 7.65. The van der Waals surface area contributed by atoms with Gasteiger partial charge in [-0.1, -0.05) is 6.07 Å². The van der Waals surface area contributed by atoms with Gasteiger partial charge in [0, 0.05) is 19.3 Å². The van der Waals surface area contributed by atoms with E-state index >= 15 is 0 Å². The number of hydrogen-bond donors (Lipinski definition) is 0. The maximum atomic E-state index is 12.5. The Labute approximate surface area is 155 Å². The third-order valence-electron chi connectivity index (χ3n) is 4.58. The number of pyridine rings is 1. The molecule has 0 aromatic carbocycles. The van der Waals surface area contributed by atoms with Crippen molar-refractivity contribution in [3.8, 4) is 11.5 Å². The number of likely N-dealkylation sites (tertiary alicyclic amines) is 1. The lowest BCUT2D eigenvalue weighted by Gasteiger charge is -2.32. The van der Waals surface area contributed by atoms with Crippen LogP contribution in [0.2, 0.25) is 0 Å². The van der Waals surface area contributed by atoms with Crippen LogP contribution < -0.4 is 0 Å². The summed E-state index contributed by atoms with van der Waals surface area (Å²) < 4.78 is 0. The molecule has 3 aromatic rings. The smallest absolute Gasteiger partial charge is 0.227 e. The Morgan fingerprint density at radius 2 is 2.27 bits per heavy atom. The summed E-state index contributed by atoms with van der Waals surface area (Å²) in [6.45, 7) is 2.26. The molecule has 1 atom stereocenters. The number of carbonyl (C=O) groups excluding carboxylic acids is 1. The molecule has 1 aliphatic heterocycles. The van der Waals surface area contributed by atoms with Crippen LogP contribution in [0.25, 0.3) is 11.5 Å². The number of hydrogen-bond acceptors (Lipinski definition) is 6. The minimum atomic E-state index is 0.203. The van der Waals surface area contributed by atoms with Crippen molar-refractivity contribution >= 4 is 17.2 Å². The van der Waals surface area contributed by atoms with Crippen LogP contribution in [0.3, 0.4) is 0 Å². The quantitative estimate of drug-likeness (QED) is 0.690. The number of carbonyl (C=O) groups is 1. The fourth-order valence-corrected chi connectivity index (χ4v) is 3.94. The molecule has 8 heteroatoms. The van der Waals surface area contributed by atoms with Gasteiger partial charge in [-0.15, -0.1) is 10.2 Å². The zero-order valence-corrected chi connectivity index (χ0v) is 15.2. The summed E-state index contributed by atoms with van der Waals surface area (Å²) in [5.74, 6) is 1.08. The molecule has 1 saturated heterocycles. The lowest BCUT2D eigenvalue weighted by Crippen LogP contribution is -2.42. The number of aromatic nitrogens is 5. The topological polar surface area (TPSA) is 76.8 Å². The average Bonchev–Trinajstić information content (AvgIpc) is 3.35. The van der Waals surface area contributed by atoms with E-state index < -0.39 is 0 Å². The number of amides is 1. The first-order valence-electron chi connectivity index (χ1n) is 8.76. The van der Waals surface area contributed by atoms with Crippen molar-refractivity contribution in [2.45, 2.75) is 25.8 Å². The molecule has 0 spiro atoms. The van der Waals surface area contributed by atoms with Crippen LogP contribution in [-0.4, -0.2) is 49.1 Å². The summed E-state index contributed by atoms with van der Waals surface area (Å²) in [5, 5.41) is 16.7. The molecule has 0 saturated carbocycles. The van der Waals surface area contributed by atoms with Gasteiger partial charge in [0.25, 0.3) is 0 Å². The van der Waals surface area contributed by atoms with Crippen LogP contribution >= 0.6 is 11.3 Å². The number of tetrazole rings is 1. The van der Waals surface area contributed by atoms with Crippen LogP contribution in [-0.2, 0) is 17.8 Å². The van der Waals surface area contributed by atoms with E-state index in [0.29, 0.717) is 24.7 Å². The molecule has 134 valence electrons. The van der Waals surface area contributed by atoms with Crippen LogP contribution in [0.4, 0.5) is 0 Å². The maximum absolute atomic E-state index is 12.5. The highest BCUT2D eigenvalue weighted by Gasteiger charge is 2.25. The Morgan fingerprint density at radius 1 is 1.31 bits per heavy atom. The molecule has 0 aliphatic carbocycles. The van der Waals surface area contributed by atoms with Gasteiger partial charge >= 0.3 is 0 Å². The van der Waals surface area contributed by atoms with Gasteiger partial charge in [-0.2, -0.15) is 16.1 Å². The highest BCUT2D eigenvalue weighted by Crippen LogP contribution is 2.20. The Hall–Kier alpha value is -2.61. The second-order valence-corrected chi connectivity index (χ2v) is 7.32. The first-order chi connectivity index (χ1) is 12.8. The van der Waals surface area contributed by atoms with E-state index in [9.17, 15) is 4.79 Å². The van der Waals surface area contributed by atoms with E-state index in [-0.39, 0.29) is 5.91 Å². The van der Waals surface area contributed by atoms with Crippen molar-refractivity contribution in [3.05, 3.63) is 46.8 Å². The summed E-state index contributed by atoms with van der Waals surface area (Å²) >= 11 is 1.63. The van der Waals surface area contributed by atoms with E-state index in [1.54, 1.807) is 22.3 Å². The second kappa shape index (κ2) is 7.74. The summed E-state index contributed by atoms with van der Waals surface area (Å²) in [5.41, 5.74) is 1.81. The Kier molecular flexibility index (Phi) is 5.01. The van der Waals surface area contributed by atoms with E-state index in [0.717, 1.165) is 37.2 Å². The molecule has 26 heavy (non-hydrogen) atoms. The minimum Gasteiger partial charge on any atom is -0.342 e. The van der Waals surface area contributed by atoms with Crippen LogP contribution in [0.5, 0.6) is 0 Å². The zero-order chi connectivity index (χ0) is 17.8. The molecule has 1 amide bonds. The SMILES string of the molecule is O=C(Cc1ccsc1)N1CCC[C@H](Cn2nnc(-c3ccccn3)n2)C1. The number of piperidine rings is 1. The fraction of sp³-hybridized carbons (Fsp3) is 0.389. The van der Waals surface area contributed by atoms with Crippen molar-refractivity contribution in [2.24, 2.45) is 5.92 Å². The molecule has 4 heterocycles. The fourth-order valence-electron chi connectivity index (χ4n) is 3.27. The van der Waals surface area contributed by atoms with Crippen LogP contribution in [0.15, 0.2) is 41.2 Å². The van der Waals surface area contributed by atoms with E-state index in [4.69, 9.17) is 0 Å². The van der Waals surface area contributed by atoms with E-state index in [1.165, 1.54) is 0 Å². The largest absolute Gasteiger partial charge is 0.342 e. The third-order valence-corrected chi connectivity index (χ3v) is 5.31. The van der Waals surface area contributed by atoms with E-state index in [1.807, 2.05) is 39.9 Å². The third kappa shape index (κ3) is 3.96. The first kappa shape index (κ1) is 16.8. The molecule has 0 bridgehead atoms. The molecule has 0 radical (unpaired) electrons. The predicted octanol–water partition coefficient (Wildman–Crippen LogP) is 2.28. The number of thiophene rings is 1. The summed E-state index contributed by atoms with van der Waals surface area (Å²) in [6.07, 6.45) is 4.29. The summed E-state index contributed by atoms with van der Waals surface area (Å²) in [7, 11) is 0. The van der Waals surface area contributed by atoms with Gasteiger partial charge in [-0.25, -0.2) is 0 Å². The standard InChI is InChI=1S/C18H20N6OS/c25-17(10-14-6-9-26-13-14)23-8-3-4-15(11-23)12-24-21-18(20-22-24)16-5-1-2-7-19-16/h1-2,5-7,9,13,15H,3-4,8,10-12H2/t15-/m0/s1. The van der Waals surface area contributed by atoms with Gasteiger partial charge in [0.05, 0.1) is 13.0 Å². The molecular formula is C18H20N6OS. The van der Waals surface area contributed by atoms with Crippen molar-refractivity contribution < 1.29 is 4.79 Å². The Balaban J connectivity index is 1.36. The Morgan fingerprint density at radius 3 is 3.08 bits per heavy atom. The summed E-state index contributed by atoms with van der Waals surface area (Å²) in [4.78, 5) is 20.4. The van der Waals surface area contributed by atoms with Crippen molar-refractivity contribution in [1.82, 2.24) is 30.1 Å². The minimum absolute atomic E-state index is 0.203. The molecule has 0 unspecified atom stereocenters. The van der Waals surface area contributed by atoms with E-state index in [2.05, 4.69) is 20.4 Å².